The zero-order chi connectivity index (χ0) is 17.4. The molecule has 0 spiro atoms. The Labute approximate surface area is 149 Å². The molecule has 0 aliphatic heterocycles. The van der Waals surface area contributed by atoms with Gasteiger partial charge in [-0.2, -0.15) is 5.10 Å². The van der Waals surface area contributed by atoms with Gasteiger partial charge in [0.2, 0.25) is 0 Å². The largest absolute Gasteiger partial charge is 0.344 e. The van der Waals surface area contributed by atoms with Crippen molar-refractivity contribution < 1.29 is 9.59 Å². The summed E-state index contributed by atoms with van der Waals surface area (Å²) in [7, 11) is 0. The lowest BCUT2D eigenvalue weighted by Crippen LogP contribution is -2.37. The molecule has 0 radical (unpaired) electrons. The van der Waals surface area contributed by atoms with Crippen molar-refractivity contribution in [3.63, 3.8) is 0 Å². The molecule has 24 heavy (non-hydrogen) atoms. The fourth-order valence-corrected chi connectivity index (χ4v) is 2.31. The van der Waals surface area contributed by atoms with E-state index in [1.54, 1.807) is 36.0 Å². The van der Waals surface area contributed by atoms with Gasteiger partial charge in [0.1, 0.15) is 0 Å². The Balaban J connectivity index is 1.79. The van der Waals surface area contributed by atoms with Crippen LogP contribution in [-0.4, -0.2) is 24.3 Å². The maximum Gasteiger partial charge on any atom is 0.329 e. The molecule has 0 saturated carbocycles. The second kappa shape index (κ2) is 9.10. The number of carbonyl (C=O) groups excluding carboxylic acids is 2. The summed E-state index contributed by atoms with van der Waals surface area (Å²) in [6.07, 6.45) is 3.47. The quantitative estimate of drug-likeness (QED) is 0.372. The normalized spacial score (nSPS) is 10.6. The van der Waals surface area contributed by atoms with Gasteiger partial charge in [-0.05, 0) is 41.6 Å². The number of benzene rings is 2. The van der Waals surface area contributed by atoms with Crippen molar-refractivity contribution in [3.8, 4) is 0 Å². The van der Waals surface area contributed by atoms with Gasteiger partial charge < -0.3 is 5.32 Å². The predicted molar refractivity (Wildman–Crippen MR) is 97.3 cm³/mol. The molecule has 0 saturated heterocycles. The van der Waals surface area contributed by atoms with Crippen LogP contribution in [0.3, 0.4) is 0 Å². The monoisotopic (exact) mass is 361 g/mol. The van der Waals surface area contributed by atoms with Crippen molar-refractivity contribution >= 4 is 41.4 Å². The highest BCUT2D eigenvalue weighted by Gasteiger charge is 2.11. The van der Waals surface area contributed by atoms with Gasteiger partial charge in [0.15, 0.2) is 0 Å². The first-order valence-electron chi connectivity index (χ1n) is 7.08. The highest BCUT2D eigenvalue weighted by Crippen LogP contribution is 2.13. The van der Waals surface area contributed by atoms with Crippen molar-refractivity contribution in [1.29, 1.82) is 0 Å². The molecule has 2 aromatic carbocycles. The number of hydrogen-bond donors (Lipinski definition) is 2. The first kappa shape index (κ1) is 18.0. The third-order valence-electron chi connectivity index (χ3n) is 3.07. The summed E-state index contributed by atoms with van der Waals surface area (Å²) >= 11 is 7.42. The number of carbonyl (C=O) groups is 2. The zero-order valence-electron chi connectivity index (χ0n) is 13.0. The Hall–Kier alpha value is -2.31. The van der Waals surface area contributed by atoms with Gasteiger partial charge in [-0.1, -0.05) is 35.9 Å². The fraction of sp³-hybridized carbons (Fsp3) is 0.118. The summed E-state index contributed by atoms with van der Waals surface area (Å²) in [5.41, 5.74) is 3.87. The van der Waals surface area contributed by atoms with E-state index in [1.807, 2.05) is 30.5 Å². The van der Waals surface area contributed by atoms with Gasteiger partial charge in [0.05, 0.1) is 6.21 Å². The molecule has 0 heterocycles. The maximum absolute atomic E-state index is 11.7. The molecule has 0 fully saturated rings. The van der Waals surface area contributed by atoms with Gasteiger partial charge >= 0.3 is 11.8 Å². The van der Waals surface area contributed by atoms with Crippen molar-refractivity contribution in [3.05, 3.63) is 64.7 Å². The minimum Gasteiger partial charge on any atom is -0.344 e. The van der Waals surface area contributed by atoms with Crippen molar-refractivity contribution in [2.75, 3.05) is 6.26 Å². The molecule has 0 aliphatic rings. The van der Waals surface area contributed by atoms with E-state index in [2.05, 4.69) is 15.8 Å². The average Bonchev–Trinajstić information content (AvgIpc) is 2.61. The Kier molecular flexibility index (Phi) is 6.84. The predicted octanol–water partition coefficient (Wildman–Crippen LogP) is 2.83. The third-order valence-corrected chi connectivity index (χ3v) is 4.06. The third kappa shape index (κ3) is 5.72. The summed E-state index contributed by atoms with van der Waals surface area (Å²) in [4.78, 5) is 24.5. The van der Waals surface area contributed by atoms with E-state index in [-0.39, 0.29) is 6.54 Å². The number of amides is 2. The smallest absolute Gasteiger partial charge is 0.329 e. The van der Waals surface area contributed by atoms with Gasteiger partial charge in [0.25, 0.3) is 0 Å². The summed E-state index contributed by atoms with van der Waals surface area (Å²) in [5, 5.41) is 6.90. The Morgan fingerprint density at radius 2 is 1.75 bits per heavy atom. The van der Waals surface area contributed by atoms with Gasteiger partial charge in [0, 0.05) is 16.5 Å². The number of nitrogens with one attached hydrogen (secondary N) is 2. The second-order valence-electron chi connectivity index (χ2n) is 4.78. The molecule has 2 amide bonds. The van der Waals surface area contributed by atoms with Crippen LogP contribution in [-0.2, 0) is 16.1 Å². The van der Waals surface area contributed by atoms with E-state index in [0.717, 1.165) is 16.0 Å². The SMILES string of the molecule is CSc1ccc(/C=N\NC(=O)C(=O)NCc2ccc(Cl)cc2)cc1. The minimum absolute atomic E-state index is 0.239. The molecule has 0 aromatic heterocycles. The van der Waals surface area contributed by atoms with E-state index < -0.39 is 11.8 Å². The van der Waals surface area contributed by atoms with Crippen LogP contribution in [0, 0.1) is 0 Å². The van der Waals surface area contributed by atoms with E-state index in [1.165, 1.54) is 6.21 Å². The van der Waals surface area contributed by atoms with Crippen molar-refractivity contribution in [2.24, 2.45) is 5.10 Å². The van der Waals surface area contributed by atoms with Crippen molar-refractivity contribution in [1.82, 2.24) is 10.7 Å². The maximum atomic E-state index is 11.7. The standard InChI is InChI=1S/C17H16ClN3O2S/c1-24-15-8-4-13(5-9-15)11-20-21-17(23)16(22)19-10-12-2-6-14(18)7-3-12/h2-9,11H,10H2,1H3,(H,19,22)(H,21,23)/b20-11-. The van der Waals surface area contributed by atoms with Crippen LogP contribution < -0.4 is 10.7 Å². The van der Waals surface area contributed by atoms with Crippen LogP contribution >= 0.6 is 23.4 Å². The molecule has 5 nitrogen and oxygen atoms in total. The Bertz CT molecular complexity index is 731. The lowest BCUT2D eigenvalue weighted by Gasteiger charge is -2.04. The van der Waals surface area contributed by atoms with E-state index in [0.29, 0.717) is 5.02 Å². The summed E-state index contributed by atoms with van der Waals surface area (Å²) in [6, 6.07) is 14.6. The molecule has 2 rings (SSSR count). The van der Waals surface area contributed by atoms with E-state index in [9.17, 15) is 9.59 Å². The van der Waals surface area contributed by atoms with Crippen molar-refractivity contribution in [2.45, 2.75) is 11.4 Å². The molecular formula is C17H16ClN3O2S. The molecule has 0 atom stereocenters. The first-order chi connectivity index (χ1) is 11.6. The lowest BCUT2D eigenvalue weighted by molar-refractivity contribution is -0.139. The molecule has 124 valence electrons. The summed E-state index contributed by atoms with van der Waals surface area (Å²) in [5.74, 6) is -1.57. The topological polar surface area (TPSA) is 70.6 Å². The molecule has 2 aromatic rings. The number of thioether (sulfide) groups is 1. The minimum atomic E-state index is -0.819. The van der Waals surface area contributed by atoms with Crippen LogP contribution in [0.2, 0.25) is 5.02 Å². The molecule has 2 N–H and O–H groups in total. The highest BCUT2D eigenvalue weighted by atomic mass is 35.5. The Morgan fingerprint density at radius 1 is 1.08 bits per heavy atom. The summed E-state index contributed by atoms with van der Waals surface area (Å²) < 4.78 is 0. The molecule has 7 heteroatoms. The van der Waals surface area contributed by atoms with Crippen LogP contribution in [0.15, 0.2) is 58.5 Å². The summed E-state index contributed by atoms with van der Waals surface area (Å²) in [6.45, 7) is 0.239. The first-order valence-corrected chi connectivity index (χ1v) is 8.68. The van der Waals surface area contributed by atoms with Gasteiger partial charge in [-0.3, -0.25) is 9.59 Å². The molecular weight excluding hydrogens is 346 g/mol. The van der Waals surface area contributed by atoms with Crippen LogP contribution in [0.25, 0.3) is 0 Å². The molecule has 0 unspecified atom stereocenters. The number of rotatable bonds is 5. The highest BCUT2D eigenvalue weighted by molar-refractivity contribution is 7.98. The average molecular weight is 362 g/mol. The molecule has 0 bridgehead atoms. The number of nitrogens with zero attached hydrogens (tertiary/aromatic N) is 1. The fourth-order valence-electron chi connectivity index (χ4n) is 1.77. The van der Waals surface area contributed by atoms with E-state index >= 15 is 0 Å². The second-order valence-corrected chi connectivity index (χ2v) is 6.10. The van der Waals surface area contributed by atoms with Crippen LogP contribution in [0.4, 0.5) is 0 Å². The zero-order valence-corrected chi connectivity index (χ0v) is 14.5. The van der Waals surface area contributed by atoms with Crippen LogP contribution in [0.1, 0.15) is 11.1 Å². The number of hydrazone groups is 1. The lowest BCUT2D eigenvalue weighted by atomic mass is 10.2. The van der Waals surface area contributed by atoms with E-state index in [4.69, 9.17) is 11.6 Å². The number of hydrogen-bond acceptors (Lipinski definition) is 4. The Morgan fingerprint density at radius 3 is 2.38 bits per heavy atom. The van der Waals surface area contributed by atoms with Crippen LogP contribution in [0.5, 0.6) is 0 Å². The number of halogens is 1. The van der Waals surface area contributed by atoms with Gasteiger partial charge in [-0.25, -0.2) is 5.43 Å². The molecule has 0 aliphatic carbocycles. The van der Waals surface area contributed by atoms with Gasteiger partial charge in [-0.15, -0.1) is 11.8 Å².